The Bertz CT molecular complexity index is 593. The Morgan fingerprint density at radius 1 is 1.16 bits per heavy atom. The minimum absolute atomic E-state index is 0.0493. The zero-order chi connectivity index (χ0) is 14.2. The lowest BCUT2D eigenvalue weighted by Crippen LogP contribution is -2.13. The van der Waals surface area contributed by atoms with Crippen molar-refractivity contribution in [1.82, 2.24) is 0 Å². The fraction of sp³-hybridized carbons (Fsp3) is 0.375. The maximum atomic E-state index is 5.85. The van der Waals surface area contributed by atoms with Crippen LogP contribution in [0.25, 0.3) is 11.1 Å². The number of methoxy groups -OCH3 is 1. The molecule has 0 radical (unpaired) electrons. The largest absolute Gasteiger partial charge is 0.496 e. The number of anilines is 1. The molecule has 2 aromatic rings. The summed E-state index contributed by atoms with van der Waals surface area (Å²) in [6, 6.07) is 6.38. The molecule has 0 saturated carbocycles. The Labute approximate surface area is 119 Å². The highest BCUT2D eigenvalue weighted by Crippen LogP contribution is 2.41. The third-order valence-electron chi connectivity index (χ3n) is 3.18. The number of aryl methyl sites for hydroxylation is 1. The van der Waals surface area contributed by atoms with Crippen LogP contribution in [0, 0.1) is 6.92 Å². The van der Waals surface area contributed by atoms with Crippen LogP contribution < -0.4 is 10.5 Å². The van der Waals surface area contributed by atoms with E-state index >= 15 is 0 Å². The van der Waals surface area contributed by atoms with Gasteiger partial charge in [-0.2, -0.15) is 0 Å². The van der Waals surface area contributed by atoms with Gasteiger partial charge in [0.25, 0.3) is 0 Å². The maximum Gasteiger partial charge on any atom is 0.130 e. The second-order valence-corrected chi connectivity index (χ2v) is 6.82. The molecule has 0 spiro atoms. The summed E-state index contributed by atoms with van der Waals surface area (Å²) >= 11 is 1.56. The molecule has 0 aliphatic rings. The quantitative estimate of drug-likeness (QED) is 0.868. The predicted octanol–water partition coefficient (Wildman–Crippen LogP) is 4.61. The van der Waals surface area contributed by atoms with E-state index < -0.39 is 0 Å². The Kier molecular flexibility index (Phi) is 3.59. The number of rotatable bonds is 2. The van der Waals surface area contributed by atoms with Gasteiger partial charge in [-0.15, -0.1) is 11.3 Å². The first-order valence-corrected chi connectivity index (χ1v) is 7.24. The van der Waals surface area contributed by atoms with Crippen LogP contribution in [0.15, 0.2) is 23.6 Å². The molecule has 0 bridgehead atoms. The standard InChI is InChI=1S/C16H21NOS/c1-10-6-12(11-8-14(17)19-9-11)15(18-5)13(7-10)16(2,3)4/h6-9H,17H2,1-5H3. The Hall–Kier alpha value is -1.48. The van der Waals surface area contributed by atoms with Gasteiger partial charge in [0, 0.05) is 16.5 Å². The van der Waals surface area contributed by atoms with E-state index in [0.29, 0.717) is 0 Å². The fourth-order valence-electron chi connectivity index (χ4n) is 2.26. The van der Waals surface area contributed by atoms with Crippen LogP contribution in [0.5, 0.6) is 5.75 Å². The summed E-state index contributed by atoms with van der Waals surface area (Å²) in [5.74, 6) is 0.955. The minimum atomic E-state index is 0.0493. The van der Waals surface area contributed by atoms with Crippen molar-refractivity contribution in [3.8, 4) is 16.9 Å². The molecule has 1 aromatic carbocycles. The summed E-state index contributed by atoms with van der Waals surface area (Å²) in [4.78, 5) is 0. The van der Waals surface area contributed by atoms with Crippen LogP contribution in [-0.2, 0) is 5.41 Å². The van der Waals surface area contributed by atoms with E-state index in [2.05, 4.69) is 45.2 Å². The number of benzene rings is 1. The van der Waals surface area contributed by atoms with Crippen molar-refractivity contribution in [3.63, 3.8) is 0 Å². The Morgan fingerprint density at radius 3 is 2.32 bits per heavy atom. The van der Waals surface area contributed by atoms with E-state index in [9.17, 15) is 0 Å². The fourth-order valence-corrected chi connectivity index (χ4v) is 2.91. The van der Waals surface area contributed by atoms with Crippen molar-refractivity contribution in [2.24, 2.45) is 0 Å². The van der Waals surface area contributed by atoms with Gasteiger partial charge < -0.3 is 10.5 Å². The van der Waals surface area contributed by atoms with Crippen molar-refractivity contribution < 1.29 is 4.74 Å². The van der Waals surface area contributed by atoms with Crippen LogP contribution >= 0.6 is 11.3 Å². The summed E-state index contributed by atoms with van der Waals surface area (Å²) in [6.45, 7) is 8.73. The molecule has 1 aromatic heterocycles. The predicted molar refractivity (Wildman–Crippen MR) is 84.2 cm³/mol. The molecule has 0 amide bonds. The monoisotopic (exact) mass is 275 g/mol. The molecule has 102 valence electrons. The molecule has 3 heteroatoms. The molecular formula is C16H21NOS. The lowest BCUT2D eigenvalue weighted by atomic mass is 9.83. The SMILES string of the molecule is COc1c(-c2csc(N)c2)cc(C)cc1C(C)(C)C. The first-order chi connectivity index (χ1) is 8.82. The number of hydrogen-bond acceptors (Lipinski definition) is 3. The van der Waals surface area contributed by atoms with E-state index in [1.807, 2.05) is 6.07 Å². The van der Waals surface area contributed by atoms with Gasteiger partial charge in [-0.3, -0.25) is 0 Å². The number of thiophene rings is 1. The number of ether oxygens (including phenoxy) is 1. The van der Waals surface area contributed by atoms with E-state index in [-0.39, 0.29) is 5.41 Å². The number of nitrogen functional groups attached to an aromatic ring is 1. The zero-order valence-electron chi connectivity index (χ0n) is 12.2. The van der Waals surface area contributed by atoms with Gasteiger partial charge in [0.15, 0.2) is 0 Å². The molecule has 0 unspecified atom stereocenters. The van der Waals surface area contributed by atoms with E-state index in [0.717, 1.165) is 21.9 Å². The lowest BCUT2D eigenvalue weighted by Gasteiger charge is -2.24. The zero-order valence-corrected chi connectivity index (χ0v) is 13.0. The lowest BCUT2D eigenvalue weighted by molar-refractivity contribution is 0.399. The first-order valence-electron chi connectivity index (χ1n) is 6.36. The molecule has 2 rings (SSSR count). The van der Waals surface area contributed by atoms with Gasteiger partial charge in [-0.05, 0) is 35.6 Å². The topological polar surface area (TPSA) is 35.2 Å². The molecule has 1 heterocycles. The third kappa shape index (κ3) is 2.76. The summed E-state index contributed by atoms with van der Waals surface area (Å²) in [5, 5.41) is 2.91. The molecule has 0 fully saturated rings. The third-order valence-corrected chi connectivity index (χ3v) is 3.94. The van der Waals surface area contributed by atoms with Gasteiger partial charge in [-0.1, -0.05) is 26.8 Å². The number of hydrogen-bond donors (Lipinski definition) is 1. The molecular weight excluding hydrogens is 254 g/mol. The van der Waals surface area contributed by atoms with Crippen LogP contribution in [0.3, 0.4) is 0 Å². The minimum Gasteiger partial charge on any atom is -0.496 e. The second kappa shape index (κ2) is 4.89. The van der Waals surface area contributed by atoms with Crippen molar-refractivity contribution >= 4 is 16.3 Å². The average molecular weight is 275 g/mol. The Balaban J connectivity index is 2.70. The molecule has 2 nitrogen and oxygen atoms in total. The smallest absolute Gasteiger partial charge is 0.130 e. The number of nitrogens with two attached hydrogens (primary N) is 1. The van der Waals surface area contributed by atoms with E-state index in [1.54, 1.807) is 18.4 Å². The van der Waals surface area contributed by atoms with Crippen molar-refractivity contribution in [2.45, 2.75) is 33.1 Å². The molecule has 0 saturated heterocycles. The summed E-state index contributed by atoms with van der Waals surface area (Å²) in [5.41, 5.74) is 10.6. The van der Waals surface area contributed by atoms with Crippen LogP contribution in [0.4, 0.5) is 5.00 Å². The summed E-state index contributed by atoms with van der Waals surface area (Å²) < 4.78 is 5.69. The van der Waals surface area contributed by atoms with Gasteiger partial charge in [0.05, 0.1) is 12.1 Å². The maximum absolute atomic E-state index is 5.85. The summed E-state index contributed by atoms with van der Waals surface area (Å²) in [7, 11) is 1.74. The second-order valence-electron chi connectivity index (χ2n) is 5.88. The normalized spacial score (nSPS) is 11.6. The van der Waals surface area contributed by atoms with Crippen LogP contribution in [0.1, 0.15) is 31.9 Å². The van der Waals surface area contributed by atoms with Crippen molar-refractivity contribution in [1.29, 1.82) is 0 Å². The van der Waals surface area contributed by atoms with Gasteiger partial charge in [0.2, 0.25) is 0 Å². The average Bonchev–Trinajstić information content (AvgIpc) is 2.73. The highest BCUT2D eigenvalue weighted by molar-refractivity contribution is 7.14. The summed E-state index contributed by atoms with van der Waals surface area (Å²) in [6.07, 6.45) is 0. The van der Waals surface area contributed by atoms with Crippen molar-refractivity contribution in [2.75, 3.05) is 12.8 Å². The molecule has 0 aliphatic heterocycles. The van der Waals surface area contributed by atoms with Crippen molar-refractivity contribution in [3.05, 3.63) is 34.7 Å². The molecule has 0 aliphatic carbocycles. The highest BCUT2D eigenvalue weighted by Gasteiger charge is 2.22. The van der Waals surface area contributed by atoms with Gasteiger partial charge >= 0.3 is 0 Å². The van der Waals surface area contributed by atoms with Gasteiger partial charge in [-0.25, -0.2) is 0 Å². The van der Waals surface area contributed by atoms with Crippen LogP contribution in [0.2, 0.25) is 0 Å². The van der Waals surface area contributed by atoms with E-state index in [4.69, 9.17) is 10.5 Å². The van der Waals surface area contributed by atoms with E-state index in [1.165, 1.54) is 11.1 Å². The molecule has 19 heavy (non-hydrogen) atoms. The van der Waals surface area contributed by atoms with Gasteiger partial charge in [0.1, 0.15) is 5.75 Å². The first kappa shape index (κ1) is 13.9. The molecule has 2 N–H and O–H groups in total. The highest BCUT2D eigenvalue weighted by atomic mass is 32.1. The molecule has 0 atom stereocenters. The van der Waals surface area contributed by atoms with Crippen LogP contribution in [-0.4, -0.2) is 7.11 Å². The Morgan fingerprint density at radius 2 is 1.84 bits per heavy atom.